The Morgan fingerprint density at radius 1 is 0.333 bits per heavy atom. The number of carbonyl (C=O) groups is 3. The second-order valence-corrected chi connectivity index (χ2v) is 11.6. The molecule has 0 saturated heterocycles. The zero-order valence-electron chi connectivity index (χ0n) is 26.8. The molecule has 3 N–H and O–H groups in total. The molecule has 7 aromatic rings. The van der Waals surface area contributed by atoms with E-state index in [4.69, 9.17) is 0 Å². The molecular weight excluding hydrogens is 642 g/mol. The quantitative estimate of drug-likeness (QED) is 0.137. The number of hydrogen-bond donors (Lipinski definition) is 3. The van der Waals surface area contributed by atoms with Gasteiger partial charge >= 0.3 is 17.9 Å². The van der Waals surface area contributed by atoms with Crippen LogP contribution < -0.4 is 0 Å². The Morgan fingerprint density at radius 3 is 0.765 bits per heavy atom. The Labute approximate surface area is 291 Å². The lowest BCUT2D eigenvalue weighted by Crippen LogP contribution is -1.99. The van der Waals surface area contributed by atoms with E-state index in [0.717, 1.165) is 66.8 Å². The fraction of sp³-hybridized carbons (Fsp3) is 0. The van der Waals surface area contributed by atoms with Crippen LogP contribution >= 0.6 is 0 Å². The van der Waals surface area contributed by atoms with Gasteiger partial charge in [0.05, 0.1) is 0 Å². The van der Waals surface area contributed by atoms with E-state index in [1.807, 2.05) is 72.8 Å². The third kappa shape index (κ3) is 6.59. The molecule has 7 rings (SSSR count). The molecule has 0 saturated carbocycles. The van der Waals surface area contributed by atoms with Crippen LogP contribution in [0.5, 0.6) is 0 Å². The summed E-state index contributed by atoms with van der Waals surface area (Å²) in [6.07, 6.45) is 4.66. The van der Waals surface area contributed by atoms with E-state index in [1.54, 1.807) is 36.8 Å². The number of carboxylic acids is 3. The predicted octanol–water partition coefficient (Wildman–Crippen LogP) is 8.97. The zero-order valence-corrected chi connectivity index (χ0v) is 26.8. The van der Waals surface area contributed by atoms with Gasteiger partial charge in [0.2, 0.25) is 0 Å². The SMILES string of the molecule is O=C(O)c1ccc(-c2ccccc2-c2cc(-c3ccccc3-c3ccc(C(=O)O)nc3)cc(-c3ccccc3-c3ccc(C(=O)O)nc3)c2)cn1. The van der Waals surface area contributed by atoms with Gasteiger partial charge in [-0.05, 0) is 86.5 Å². The minimum Gasteiger partial charge on any atom is -0.477 e. The average molecular weight is 670 g/mol. The molecule has 0 aliphatic heterocycles. The second kappa shape index (κ2) is 13.7. The number of rotatable bonds is 9. The molecule has 51 heavy (non-hydrogen) atoms. The maximum Gasteiger partial charge on any atom is 0.354 e. The van der Waals surface area contributed by atoms with Crippen molar-refractivity contribution in [3.05, 3.63) is 163 Å². The van der Waals surface area contributed by atoms with Crippen LogP contribution in [0.3, 0.4) is 0 Å². The van der Waals surface area contributed by atoms with Gasteiger partial charge in [-0.1, -0.05) is 91.0 Å². The first-order chi connectivity index (χ1) is 24.8. The number of carboxylic acid groups (broad SMARTS) is 3. The number of nitrogens with zero attached hydrogens (tertiary/aromatic N) is 3. The van der Waals surface area contributed by atoms with Crippen molar-refractivity contribution < 1.29 is 29.7 Å². The Balaban J connectivity index is 1.45. The fourth-order valence-corrected chi connectivity index (χ4v) is 6.09. The van der Waals surface area contributed by atoms with E-state index < -0.39 is 17.9 Å². The molecule has 0 radical (unpaired) electrons. The highest BCUT2D eigenvalue weighted by atomic mass is 16.4. The van der Waals surface area contributed by atoms with Gasteiger partial charge in [-0.15, -0.1) is 0 Å². The summed E-state index contributed by atoms with van der Waals surface area (Å²) in [7, 11) is 0. The molecule has 0 atom stereocenters. The van der Waals surface area contributed by atoms with Crippen LogP contribution in [0.2, 0.25) is 0 Å². The zero-order chi connectivity index (χ0) is 35.5. The summed E-state index contributed by atoms with van der Waals surface area (Å²) in [5.74, 6) is -3.32. The first kappa shape index (κ1) is 32.3. The summed E-state index contributed by atoms with van der Waals surface area (Å²) in [5, 5.41) is 28.3. The fourth-order valence-electron chi connectivity index (χ4n) is 6.09. The van der Waals surface area contributed by atoms with Crippen molar-refractivity contribution in [2.24, 2.45) is 0 Å². The van der Waals surface area contributed by atoms with Gasteiger partial charge in [0.15, 0.2) is 0 Å². The smallest absolute Gasteiger partial charge is 0.354 e. The molecule has 4 aromatic carbocycles. The van der Waals surface area contributed by atoms with E-state index in [1.165, 1.54) is 18.2 Å². The summed E-state index contributed by atoms with van der Waals surface area (Å²) in [6.45, 7) is 0. The highest BCUT2D eigenvalue weighted by Crippen LogP contribution is 2.42. The maximum absolute atomic E-state index is 11.5. The molecule has 3 heterocycles. The van der Waals surface area contributed by atoms with Gasteiger partial charge in [0.25, 0.3) is 0 Å². The minimum atomic E-state index is -1.11. The predicted molar refractivity (Wildman–Crippen MR) is 193 cm³/mol. The Hall–Kier alpha value is -7.26. The molecule has 0 bridgehead atoms. The molecular formula is C42H27N3O6. The number of benzene rings is 4. The molecule has 0 aliphatic rings. The van der Waals surface area contributed by atoms with E-state index >= 15 is 0 Å². The largest absolute Gasteiger partial charge is 0.477 e. The van der Waals surface area contributed by atoms with Gasteiger partial charge in [-0.25, -0.2) is 29.3 Å². The van der Waals surface area contributed by atoms with Crippen LogP contribution in [0.15, 0.2) is 146 Å². The number of hydrogen-bond acceptors (Lipinski definition) is 6. The van der Waals surface area contributed by atoms with Gasteiger partial charge < -0.3 is 15.3 Å². The number of aromatic nitrogens is 3. The van der Waals surface area contributed by atoms with Crippen molar-refractivity contribution in [1.29, 1.82) is 0 Å². The average Bonchev–Trinajstić information content (AvgIpc) is 3.18. The molecule has 246 valence electrons. The van der Waals surface area contributed by atoms with Crippen molar-refractivity contribution in [2.45, 2.75) is 0 Å². The molecule has 9 heteroatoms. The Kier molecular flexibility index (Phi) is 8.67. The minimum absolute atomic E-state index is 0.0505. The van der Waals surface area contributed by atoms with Crippen LogP contribution in [0.1, 0.15) is 31.5 Å². The third-order valence-corrected chi connectivity index (χ3v) is 8.53. The third-order valence-electron chi connectivity index (χ3n) is 8.53. The van der Waals surface area contributed by atoms with Crippen LogP contribution in [0.25, 0.3) is 66.8 Å². The molecule has 0 aliphatic carbocycles. The van der Waals surface area contributed by atoms with Crippen molar-refractivity contribution in [3.8, 4) is 66.8 Å². The van der Waals surface area contributed by atoms with Gasteiger partial charge in [-0.2, -0.15) is 0 Å². The number of pyridine rings is 3. The van der Waals surface area contributed by atoms with E-state index in [-0.39, 0.29) is 17.1 Å². The Morgan fingerprint density at radius 2 is 0.569 bits per heavy atom. The van der Waals surface area contributed by atoms with Crippen LogP contribution in [-0.2, 0) is 0 Å². The standard InChI is InChI=1S/C42H27N3O6/c46-40(47)37-16-13-25(22-43-37)31-7-1-4-10-34(31)28-19-29(35-11-5-2-8-32(35)26-14-17-38(41(48)49)44-23-26)21-30(20-28)36-12-6-3-9-33(36)27-15-18-39(42(50)51)45-24-27/h1-24H,(H,46,47)(H,48,49)(H,50,51). The monoisotopic (exact) mass is 669 g/mol. The summed E-state index contributed by atoms with van der Waals surface area (Å²) < 4.78 is 0. The molecule has 0 unspecified atom stereocenters. The highest BCUT2D eigenvalue weighted by Gasteiger charge is 2.17. The summed E-state index contributed by atoms with van der Waals surface area (Å²) in [5.41, 5.74) is 9.96. The maximum atomic E-state index is 11.5. The summed E-state index contributed by atoms with van der Waals surface area (Å²) >= 11 is 0. The lowest BCUT2D eigenvalue weighted by Gasteiger charge is -2.18. The topological polar surface area (TPSA) is 151 Å². The van der Waals surface area contributed by atoms with E-state index in [2.05, 4.69) is 33.2 Å². The highest BCUT2D eigenvalue weighted by molar-refractivity contribution is 5.95. The van der Waals surface area contributed by atoms with Crippen LogP contribution in [0, 0.1) is 0 Å². The lowest BCUT2D eigenvalue weighted by molar-refractivity contribution is 0.0680. The van der Waals surface area contributed by atoms with Crippen molar-refractivity contribution in [3.63, 3.8) is 0 Å². The lowest BCUT2D eigenvalue weighted by atomic mass is 9.86. The molecule has 0 amide bonds. The molecule has 0 fully saturated rings. The van der Waals surface area contributed by atoms with E-state index in [9.17, 15) is 29.7 Å². The molecule has 0 spiro atoms. The normalized spacial score (nSPS) is 10.8. The summed E-state index contributed by atoms with van der Waals surface area (Å²) in [4.78, 5) is 47.0. The molecule has 3 aromatic heterocycles. The molecule has 9 nitrogen and oxygen atoms in total. The van der Waals surface area contributed by atoms with Crippen molar-refractivity contribution in [2.75, 3.05) is 0 Å². The first-order valence-corrected chi connectivity index (χ1v) is 15.8. The van der Waals surface area contributed by atoms with E-state index in [0.29, 0.717) is 0 Å². The van der Waals surface area contributed by atoms with Crippen LogP contribution in [0.4, 0.5) is 0 Å². The van der Waals surface area contributed by atoms with Crippen LogP contribution in [-0.4, -0.2) is 48.2 Å². The summed E-state index contributed by atoms with van der Waals surface area (Å²) in [6, 6.07) is 39.4. The van der Waals surface area contributed by atoms with Gasteiger partial charge in [0.1, 0.15) is 17.1 Å². The van der Waals surface area contributed by atoms with Crippen molar-refractivity contribution in [1.82, 2.24) is 15.0 Å². The van der Waals surface area contributed by atoms with Crippen molar-refractivity contribution >= 4 is 17.9 Å². The first-order valence-electron chi connectivity index (χ1n) is 15.8. The van der Waals surface area contributed by atoms with Gasteiger partial charge in [-0.3, -0.25) is 0 Å². The number of aromatic carboxylic acids is 3. The van der Waals surface area contributed by atoms with Gasteiger partial charge in [0, 0.05) is 35.3 Å². The Bertz CT molecular complexity index is 2160. The second-order valence-electron chi connectivity index (χ2n) is 11.6.